The molecular weight excluding hydrogens is 476 g/mol. The van der Waals surface area contributed by atoms with E-state index in [0.29, 0.717) is 28.0 Å². The van der Waals surface area contributed by atoms with E-state index in [4.69, 9.17) is 12.2 Å². The minimum Gasteiger partial charge on any atom is -0.398 e. The highest BCUT2D eigenvalue weighted by Gasteiger charge is 2.15. The third-order valence-corrected chi connectivity index (χ3v) is 8.27. The molecule has 1 unspecified atom stereocenters. The molecular formula is C30H37F2NS2. The van der Waals surface area contributed by atoms with Crippen LogP contribution in [0.4, 0.5) is 8.78 Å². The van der Waals surface area contributed by atoms with E-state index in [-0.39, 0.29) is 0 Å². The number of hydrogen-bond acceptors (Lipinski definition) is 3. The average molecular weight is 514 g/mol. The van der Waals surface area contributed by atoms with Crippen LogP contribution in [0.25, 0.3) is 16.8 Å². The Kier molecular flexibility index (Phi) is 14.9. The molecule has 1 aliphatic heterocycles. The second kappa shape index (κ2) is 17.1. The Balaban J connectivity index is 0.000000372. The normalized spacial score (nSPS) is 14.7. The molecule has 0 saturated carbocycles. The maximum Gasteiger partial charge on any atom is 0.133 e. The number of benzene rings is 2. The van der Waals surface area contributed by atoms with Crippen molar-refractivity contribution < 1.29 is 8.78 Å². The van der Waals surface area contributed by atoms with Crippen molar-refractivity contribution in [2.75, 3.05) is 5.75 Å². The number of unbranched alkanes of at least 4 members (excludes halogenated alkanes) is 1. The molecule has 2 N–H and O–H groups in total. The van der Waals surface area contributed by atoms with Gasteiger partial charge < -0.3 is 5.73 Å². The van der Waals surface area contributed by atoms with E-state index < -0.39 is 11.6 Å². The summed E-state index contributed by atoms with van der Waals surface area (Å²) >= 11 is 0. The Labute approximate surface area is 218 Å². The van der Waals surface area contributed by atoms with Crippen LogP contribution in [-0.4, -0.2) is 11.0 Å². The topological polar surface area (TPSA) is 26.0 Å². The van der Waals surface area contributed by atoms with Crippen LogP contribution in [0.3, 0.4) is 0 Å². The Hall–Kier alpha value is -2.42. The maximum absolute atomic E-state index is 13.9. The van der Waals surface area contributed by atoms with Gasteiger partial charge in [-0.2, -0.15) is 0 Å². The van der Waals surface area contributed by atoms with Crippen molar-refractivity contribution in [1.29, 1.82) is 0 Å². The summed E-state index contributed by atoms with van der Waals surface area (Å²) < 4.78 is 26.9. The van der Waals surface area contributed by atoms with E-state index in [1.807, 2.05) is 23.8 Å². The van der Waals surface area contributed by atoms with Crippen molar-refractivity contribution in [3.8, 4) is 23.5 Å². The summed E-state index contributed by atoms with van der Waals surface area (Å²) in [6, 6.07) is 8.62. The van der Waals surface area contributed by atoms with Crippen LogP contribution in [-0.2, 0) is 0 Å². The van der Waals surface area contributed by atoms with Gasteiger partial charge in [-0.15, -0.1) is 26.2 Å². The molecule has 0 spiro atoms. The van der Waals surface area contributed by atoms with E-state index in [1.165, 1.54) is 55.6 Å². The van der Waals surface area contributed by atoms with Crippen LogP contribution in [0, 0.1) is 24.0 Å². The van der Waals surface area contributed by atoms with E-state index in [0.717, 1.165) is 17.7 Å². The summed E-state index contributed by atoms with van der Waals surface area (Å²) in [7, 11) is 4.14. The molecule has 1 nitrogen and oxygen atoms in total. The molecule has 0 aliphatic carbocycles. The standard InChI is InChI=1S/C18H15F2N.C10H18S2.C2H4/c1-3-5-18(21)16-10-13(7-6-12(16)4-2)15-9-8-14(19)11-17(15)20;1-9(2)5-3-4-6-10-7-8-11-12-10;1-2/h2,5-11H,3,21H2,1H3;10H,1,3-8H2,2H3;1-2H2/b18-5+;;. The van der Waals surface area contributed by atoms with Crippen molar-refractivity contribution in [3.05, 3.63) is 90.5 Å². The lowest BCUT2D eigenvalue weighted by Gasteiger charge is -2.10. The minimum absolute atomic E-state index is 0.311. The number of allylic oxidation sites excluding steroid dienone is 2. The molecule has 1 atom stereocenters. The maximum atomic E-state index is 13.9. The van der Waals surface area contributed by atoms with Crippen LogP contribution < -0.4 is 5.73 Å². The van der Waals surface area contributed by atoms with Gasteiger partial charge in [-0.05, 0) is 68.9 Å². The molecule has 1 saturated heterocycles. The third-order valence-electron chi connectivity index (χ3n) is 5.26. The number of terminal acetylenes is 1. The predicted octanol–water partition coefficient (Wildman–Crippen LogP) is 9.40. The van der Waals surface area contributed by atoms with Crippen molar-refractivity contribution in [2.45, 2.75) is 57.6 Å². The summed E-state index contributed by atoms with van der Waals surface area (Å²) in [5.41, 5.74) is 10.1. The zero-order valence-corrected chi connectivity index (χ0v) is 22.5. The first-order valence-corrected chi connectivity index (χ1v) is 14.2. The first-order valence-electron chi connectivity index (χ1n) is 11.8. The van der Waals surface area contributed by atoms with Gasteiger partial charge in [0.25, 0.3) is 0 Å². The Morgan fingerprint density at radius 1 is 1.20 bits per heavy atom. The second-order valence-corrected chi connectivity index (χ2v) is 10.9. The highest BCUT2D eigenvalue weighted by atomic mass is 33.1. The van der Waals surface area contributed by atoms with E-state index in [1.54, 1.807) is 18.2 Å². The Bertz CT molecular complexity index is 1020. The summed E-state index contributed by atoms with van der Waals surface area (Å²) in [4.78, 5) is 0. The van der Waals surface area contributed by atoms with Gasteiger partial charge in [-0.1, -0.05) is 58.6 Å². The Morgan fingerprint density at radius 3 is 2.51 bits per heavy atom. The van der Waals surface area contributed by atoms with Crippen LogP contribution >= 0.6 is 21.6 Å². The molecule has 1 aliphatic rings. The van der Waals surface area contributed by atoms with E-state index in [9.17, 15) is 8.78 Å². The van der Waals surface area contributed by atoms with Crippen LogP contribution in [0.1, 0.15) is 63.5 Å². The van der Waals surface area contributed by atoms with Crippen molar-refractivity contribution in [2.24, 2.45) is 5.73 Å². The molecule has 188 valence electrons. The summed E-state index contributed by atoms with van der Waals surface area (Å²) in [6.07, 6.45) is 14.9. The van der Waals surface area contributed by atoms with Crippen LogP contribution in [0.15, 0.2) is 67.8 Å². The number of rotatable bonds is 8. The highest BCUT2D eigenvalue weighted by molar-refractivity contribution is 8.77. The lowest BCUT2D eigenvalue weighted by Crippen LogP contribution is -2.00. The molecule has 0 aromatic heterocycles. The van der Waals surface area contributed by atoms with Crippen molar-refractivity contribution in [1.82, 2.24) is 0 Å². The number of hydrogen-bond donors (Lipinski definition) is 1. The zero-order chi connectivity index (χ0) is 26.2. The van der Waals surface area contributed by atoms with Gasteiger partial charge in [0.15, 0.2) is 0 Å². The lowest BCUT2D eigenvalue weighted by molar-refractivity contribution is 0.585. The molecule has 3 rings (SSSR count). The van der Waals surface area contributed by atoms with Gasteiger partial charge in [0, 0.05) is 39.5 Å². The SMILES string of the molecule is C#Cc1ccc(-c2ccc(F)cc2F)cc1/C(N)=C\CC.C=C.C=C(C)CCCCC1CCSS1. The molecule has 2 aromatic carbocycles. The molecule has 5 heteroatoms. The monoisotopic (exact) mass is 513 g/mol. The molecule has 0 radical (unpaired) electrons. The van der Waals surface area contributed by atoms with Crippen molar-refractivity contribution in [3.63, 3.8) is 0 Å². The van der Waals surface area contributed by atoms with Gasteiger partial charge in [0.1, 0.15) is 11.6 Å². The molecule has 2 aromatic rings. The van der Waals surface area contributed by atoms with E-state index >= 15 is 0 Å². The van der Waals surface area contributed by atoms with Gasteiger partial charge in [0.05, 0.1) is 0 Å². The summed E-state index contributed by atoms with van der Waals surface area (Å²) in [5, 5.41) is 0.958. The van der Waals surface area contributed by atoms with Gasteiger partial charge in [-0.25, -0.2) is 8.78 Å². The molecule has 0 amide bonds. The zero-order valence-electron chi connectivity index (χ0n) is 20.9. The first-order chi connectivity index (χ1) is 16.8. The molecule has 35 heavy (non-hydrogen) atoms. The van der Waals surface area contributed by atoms with Crippen LogP contribution in [0.2, 0.25) is 0 Å². The number of halogens is 2. The quantitative estimate of drug-likeness (QED) is 0.165. The summed E-state index contributed by atoms with van der Waals surface area (Å²) in [6.45, 7) is 14.0. The minimum atomic E-state index is -0.618. The molecule has 1 fully saturated rings. The predicted molar refractivity (Wildman–Crippen MR) is 155 cm³/mol. The van der Waals surface area contributed by atoms with Gasteiger partial charge in [-0.3, -0.25) is 0 Å². The van der Waals surface area contributed by atoms with Gasteiger partial charge >= 0.3 is 0 Å². The Morgan fingerprint density at radius 2 is 1.94 bits per heavy atom. The lowest BCUT2D eigenvalue weighted by atomic mass is 9.97. The summed E-state index contributed by atoms with van der Waals surface area (Å²) in [5.74, 6) is 2.71. The molecule has 0 bridgehead atoms. The molecule has 1 heterocycles. The van der Waals surface area contributed by atoms with Crippen molar-refractivity contribution >= 4 is 27.3 Å². The first kappa shape index (κ1) is 30.6. The average Bonchev–Trinajstić information content (AvgIpc) is 3.37. The fourth-order valence-corrected chi connectivity index (χ4v) is 6.52. The van der Waals surface area contributed by atoms with E-state index in [2.05, 4.69) is 43.4 Å². The van der Waals surface area contributed by atoms with Crippen LogP contribution in [0.5, 0.6) is 0 Å². The largest absolute Gasteiger partial charge is 0.398 e. The fourth-order valence-electron chi connectivity index (χ4n) is 3.49. The van der Waals surface area contributed by atoms with Gasteiger partial charge in [0.2, 0.25) is 0 Å². The third kappa shape index (κ3) is 10.8. The highest BCUT2D eigenvalue weighted by Crippen LogP contribution is 2.40. The fraction of sp³-hybridized carbons (Fsp3) is 0.333. The number of nitrogens with two attached hydrogens (primary N) is 1. The smallest absolute Gasteiger partial charge is 0.133 e. The second-order valence-electron chi connectivity index (χ2n) is 8.13.